The summed E-state index contributed by atoms with van der Waals surface area (Å²) in [5, 5.41) is 7.01. The van der Waals surface area contributed by atoms with Crippen LogP contribution in [0.2, 0.25) is 0 Å². The third-order valence-corrected chi connectivity index (χ3v) is 22.1. The van der Waals surface area contributed by atoms with E-state index in [0.717, 1.165) is 168 Å². The lowest BCUT2D eigenvalue weighted by molar-refractivity contribution is 0.462. The van der Waals surface area contributed by atoms with Gasteiger partial charge in [-0.2, -0.15) is 0 Å². The van der Waals surface area contributed by atoms with Crippen LogP contribution in [0, 0.1) is 0 Å². The molecule has 17 aromatic rings. The van der Waals surface area contributed by atoms with Gasteiger partial charge < -0.3 is 32.8 Å². The molecule has 7 heterocycles. The quantitative estimate of drug-likeness (QED) is 0.155. The molecular formula is C92H66B2N4O3. The SMILES string of the molecule is CC(C)(C)c1cc2c3c(c1)N(c1c(-c4ccccc4)cccc1-c1ccccc1)c1cc(-n4c5ccccc5c5ccccc54)ccc1B3c1cc3c(cc1O2)Oc1cc(C(C)(C)C)cc2c1B3c1ccc(-n3c4ccccc4c4ccccc43)cc1N2c1cccc2c1oc1ccccc12. The number of furan rings is 1. The highest BCUT2D eigenvalue weighted by atomic mass is 16.5. The smallest absolute Gasteiger partial charge is 0.256 e. The molecule has 0 N–H and O–H groups in total. The Morgan fingerprint density at radius 1 is 0.297 bits per heavy atom. The minimum Gasteiger partial charge on any atom is -0.458 e. The van der Waals surface area contributed by atoms with Gasteiger partial charge in [-0.25, -0.2) is 0 Å². The molecule has 0 saturated heterocycles. The van der Waals surface area contributed by atoms with Crippen molar-refractivity contribution in [3.05, 3.63) is 302 Å². The van der Waals surface area contributed by atoms with Crippen molar-refractivity contribution >= 4 is 146 Å². The minimum atomic E-state index is -0.280. The third kappa shape index (κ3) is 8.44. The second-order valence-electron chi connectivity index (χ2n) is 29.9. The predicted molar refractivity (Wildman–Crippen MR) is 422 cm³/mol. The van der Waals surface area contributed by atoms with E-state index < -0.39 is 0 Å². The van der Waals surface area contributed by atoms with Crippen LogP contribution in [-0.2, 0) is 10.8 Å². The fourth-order valence-corrected chi connectivity index (χ4v) is 17.4. The molecule has 4 aliphatic rings. The van der Waals surface area contributed by atoms with Gasteiger partial charge in [0.1, 0.15) is 28.6 Å². The summed E-state index contributed by atoms with van der Waals surface area (Å²) < 4.78 is 27.4. The Bertz CT molecular complexity index is 6240. The Balaban J connectivity index is 0.848. The molecule has 0 aliphatic carbocycles. The zero-order chi connectivity index (χ0) is 67.3. The third-order valence-electron chi connectivity index (χ3n) is 22.1. The number of anilines is 6. The highest BCUT2D eigenvalue weighted by Gasteiger charge is 2.49. The van der Waals surface area contributed by atoms with E-state index in [-0.39, 0.29) is 24.3 Å². The number of rotatable bonds is 6. The predicted octanol–water partition coefficient (Wildman–Crippen LogP) is 20.5. The number of hydrogen-bond donors (Lipinski definition) is 0. The average Bonchev–Trinajstić information content (AvgIpc) is 0.800. The van der Waals surface area contributed by atoms with Gasteiger partial charge in [0.05, 0.1) is 33.4 Å². The van der Waals surface area contributed by atoms with E-state index in [9.17, 15) is 0 Å². The lowest BCUT2D eigenvalue weighted by Gasteiger charge is -2.43. The van der Waals surface area contributed by atoms with Crippen molar-refractivity contribution in [1.29, 1.82) is 0 Å². The topological polar surface area (TPSA) is 47.9 Å². The molecule has 0 saturated carbocycles. The first kappa shape index (κ1) is 57.8. The molecule has 0 fully saturated rings. The van der Waals surface area contributed by atoms with Gasteiger partial charge in [0, 0.05) is 83.6 Å². The molecule has 0 spiro atoms. The Morgan fingerprint density at radius 2 is 0.713 bits per heavy atom. The standard InChI is InChI=1S/C92H66B2N4O3/c1-91(2,3)57-47-80-87-85(49-57)99-83-54-84-72(53-71(83)93(87)69-45-43-59(95-73-37-18-13-29-63(73)64-30-14-19-38-74(64)95)51-78(69)97(80)77-41-24-36-68-67-33-17-22-42-82(67)101-90(68)77)94-70-46-44-60(96-75-39-20-15-31-65(75)66-32-16-21-40-76(66)96)52-79(70)98(81-48-58(92(4,5)6)50-86(100-84)88(81)94)89-61(55-25-9-7-10-26-55)34-23-35-62(89)56-27-11-8-12-28-56/h7-54H,1-6H3. The zero-order valence-electron chi connectivity index (χ0n) is 56.9. The molecule has 478 valence electrons. The van der Waals surface area contributed by atoms with Crippen LogP contribution in [0.3, 0.4) is 0 Å². The lowest BCUT2D eigenvalue weighted by atomic mass is 9.31. The summed E-state index contributed by atoms with van der Waals surface area (Å²) >= 11 is 0. The van der Waals surface area contributed by atoms with Crippen molar-refractivity contribution in [3.8, 4) is 56.6 Å². The van der Waals surface area contributed by atoms with Crippen LogP contribution in [-0.4, -0.2) is 22.6 Å². The van der Waals surface area contributed by atoms with Crippen molar-refractivity contribution in [2.75, 3.05) is 9.80 Å². The molecule has 0 bridgehead atoms. The largest absolute Gasteiger partial charge is 0.458 e. The highest BCUT2D eigenvalue weighted by molar-refractivity contribution is 7.02. The Kier molecular flexibility index (Phi) is 12.1. The number of nitrogens with zero attached hydrogens (tertiary/aromatic N) is 4. The number of para-hydroxylation sites is 7. The summed E-state index contributed by atoms with van der Waals surface area (Å²) in [4.78, 5) is 5.10. The van der Waals surface area contributed by atoms with E-state index >= 15 is 0 Å². The highest BCUT2D eigenvalue weighted by Crippen LogP contribution is 2.53. The number of ether oxygens (including phenoxy) is 2. The van der Waals surface area contributed by atoms with E-state index in [4.69, 9.17) is 13.9 Å². The van der Waals surface area contributed by atoms with Gasteiger partial charge in [-0.1, -0.05) is 242 Å². The lowest BCUT2D eigenvalue weighted by Crippen LogP contribution is -2.63. The molecule has 0 atom stereocenters. The van der Waals surface area contributed by atoms with E-state index in [1.54, 1.807) is 0 Å². The summed E-state index contributed by atoms with van der Waals surface area (Å²) in [7, 11) is 0. The van der Waals surface area contributed by atoms with E-state index in [1.165, 1.54) is 32.6 Å². The molecule has 21 rings (SSSR count). The number of fused-ring (bicyclic) bond motifs is 17. The van der Waals surface area contributed by atoms with Crippen molar-refractivity contribution < 1.29 is 13.9 Å². The number of aromatic nitrogens is 2. The molecule has 0 amide bonds. The Morgan fingerprint density at radius 3 is 1.20 bits per heavy atom. The van der Waals surface area contributed by atoms with E-state index in [1.807, 2.05) is 0 Å². The molecule has 0 radical (unpaired) electrons. The maximum atomic E-state index is 7.71. The van der Waals surface area contributed by atoms with Gasteiger partial charge >= 0.3 is 0 Å². The molecular weight excluding hydrogens is 1230 g/mol. The summed E-state index contributed by atoms with van der Waals surface area (Å²) in [6.07, 6.45) is 0. The Hall–Kier alpha value is -12.2. The van der Waals surface area contributed by atoms with Gasteiger partial charge in [-0.15, -0.1) is 0 Å². The Labute approximate surface area is 586 Å². The summed E-state index contributed by atoms with van der Waals surface area (Å²) in [6, 6.07) is 108. The average molecular weight is 1300 g/mol. The van der Waals surface area contributed by atoms with Crippen LogP contribution < -0.4 is 52.1 Å². The van der Waals surface area contributed by atoms with Gasteiger partial charge in [-0.05, 0) is 151 Å². The first-order valence-corrected chi connectivity index (χ1v) is 35.3. The van der Waals surface area contributed by atoms with Crippen molar-refractivity contribution in [2.24, 2.45) is 0 Å². The minimum absolute atomic E-state index is 0.259. The van der Waals surface area contributed by atoms with E-state index in [0.29, 0.717) is 0 Å². The number of hydrogen-bond acceptors (Lipinski definition) is 5. The van der Waals surface area contributed by atoms with Crippen LogP contribution in [0.5, 0.6) is 23.0 Å². The first-order valence-electron chi connectivity index (χ1n) is 35.3. The van der Waals surface area contributed by atoms with Crippen LogP contribution in [0.25, 0.3) is 99.2 Å². The molecule has 101 heavy (non-hydrogen) atoms. The van der Waals surface area contributed by atoms with Crippen LogP contribution >= 0.6 is 0 Å². The maximum absolute atomic E-state index is 7.71. The summed E-state index contributed by atoms with van der Waals surface area (Å²) in [5.41, 5.74) is 27.9. The van der Waals surface area contributed by atoms with Crippen LogP contribution in [0.1, 0.15) is 52.7 Å². The van der Waals surface area contributed by atoms with Crippen molar-refractivity contribution in [1.82, 2.24) is 9.13 Å². The van der Waals surface area contributed by atoms with Gasteiger partial charge in [0.25, 0.3) is 13.4 Å². The molecule has 4 aliphatic heterocycles. The summed E-state index contributed by atoms with van der Waals surface area (Å²) in [5.74, 6) is 3.24. The fraction of sp³-hybridized carbons (Fsp3) is 0.0870. The fourth-order valence-electron chi connectivity index (χ4n) is 17.4. The molecule has 14 aromatic carbocycles. The van der Waals surface area contributed by atoms with Crippen LogP contribution in [0.4, 0.5) is 34.1 Å². The second-order valence-corrected chi connectivity index (χ2v) is 29.9. The first-order chi connectivity index (χ1) is 49.4. The van der Waals surface area contributed by atoms with Crippen LogP contribution in [0.15, 0.2) is 296 Å². The molecule has 3 aromatic heterocycles. The molecule has 9 heteroatoms. The van der Waals surface area contributed by atoms with Gasteiger partial charge in [-0.3, -0.25) is 0 Å². The second kappa shape index (κ2) is 21.2. The zero-order valence-corrected chi connectivity index (χ0v) is 56.9. The summed E-state index contributed by atoms with van der Waals surface area (Å²) in [6.45, 7) is 13.3. The number of benzene rings is 14. The van der Waals surface area contributed by atoms with Gasteiger partial charge in [0.15, 0.2) is 5.58 Å². The molecule has 0 unspecified atom stereocenters. The van der Waals surface area contributed by atoms with E-state index in [2.05, 4.69) is 352 Å². The monoisotopic (exact) mass is 1300 g/mol. The van der Waals surface area contributed by atoms with Crippen molar-refractivity contribution in [2.45, 2.75) is 52.4 Å². The van der Waals surface area contributed by atoms with Crippen molar-refractivity contribution in [3.63, 3.8) is 0 Å². The van der Waals surface area contributed by atoms with Gasteiger partial charge in [0.2, 0.25) is 0 Å². The normalized spacial score (nSPS) is 13.5. The maximum Gasteiger partial charge on any atom is 0.256 e. The molecule has 7 nitrogen and oxygen atoms in total.